The van der Waals surface area contributed by atoms with Crippen molar-refractivity contribution >= 4 is 17.5 Å². The number of anilines is 1. The van der Waals surface area contributed by atoms with Crippen molar-refractivity contribution in [3.8, 4) is 17.2 Å². The highest BCUT2D eigenvalue weighted by Crippen LogP contribution is 2.60. The van der Waals surface area contributed by atoms with Crippen LogP contribution in [0.4, 0.5) is 10.2 Å². The van der Waals surface area contributed by atoms with Crippen LogP contribution in [0.3, 0.4) is 0 Å². The van der Waals surface area contributed by atoms with E-state index in [-0.39, 0.29) is 35.4 Å². The normalized spacial score (nSPS) is 21.6. The number of halogens is 1. The summed E-state index contributed by atoms with van der Waals surface area (Å²) in [6.45, 7) is 1.71. The van der Waals surface area contributed by atoms with Gasteiger partial charge in [-0.05, 0) is 54.8 Å². The predicted octanol–water partition coefficient (Wildman–Crippen LogP) is 4.88. The molecule has 172 valence electrons. The molecule has 1 saturated carbocycles. The van der Waals surface area contributed by atoms with Crippen LogP contribution in [0.5, 0.6) is 17.2 Å². The van der Waals surface area contributed by atoms with Crippen LogP contribution in [0.15, 0.2) is 48.7 Å². The van der Waals surface area contributed by atoms with Crippen molar-refractivity contribution in [1.29, 1.82) is 0 Å². The van der Waals surface area contributed by atoms with E-state index in [1.807, 2.05) is 18.2 Å². The summed E-state index contributed by atoms with van der Waals surface area (Å²) in [4.78, 5) is 28.6. The van der Waals surface area contributed by atoms with Crippen LogP contribution in [0, 0.1) is 18.7 Å². The predicted molar refractivity (Wildman–Crippen MR) is 123 cm³/mol. The van der Waals surface area contributed by atoms with Crippen molar-refractivity contribution in [2.75, 3.05) is 5.32 Å². The van der Waals surface area contributed by atoms with Gasteiger partial charge in [-0.2, -0.15) is 0 Å². The monoisotopic (exact) mass is 458 g/mol. The molecule has 0 saturated heterocycles. The minimum absolute atomic E-state index is 0.0213. The first-order chi connectivity index (χ1) is 16.5. The molecule has 0 spiro atoms. The lowest BCUT2D eigenvalue weighted by atomic mass is 10.0. The number of aryl methyl sites for hydroxylation is 1. The van der Waals surface area contributed by atoms with Crippen molar-refractivity contribution in [3.63, 3.8) is 0 Å². The SMILES string of the molecule is Cc1cc(CC(=O)C[C@@H]2[C@H]3Oc4ccc(Oc5ccnc6c5CCC(=O)N6)cc4[C@@H]23)ccc1F. The third-order valence-corrected chi connectivity index (χ3v) is 6.89. The van der Waals surface area contributed by atoms with E-state index in [2.05, 4.69) is 10.3 Å². The van der Waals surface area contributed by atoms with E-state index in [0.717, 1.165) is 22.4 Å². The molecule has 6 nitrogen and oxygen atoms in total. The van der Waals surface area contributed by atoms with Crippen LogP contribution in [0.25, 0.3) is 0 Å². The Morgan fingerprint density at radius 2 is 2.09 bits per heavy atom. The fourth-order valence-electron chi connectivity index (χ4n) is 5.12. The largest absolute Gasteiger partial charge is 0.489 e. The molecule has 7 heteroatoms. The molecule has 2 aliphatic heterocycles. The first-order valence-corrected chi connectivity index (χ1v) is 11.5. The number of rotatable bonds is 6. The van der Waals surface area contributed by atoms with Gasteiger partial charge < -0.3 is 14.8 Å². The van der Waals surface area contributed by atoms with Crippen molar-refractivity contribution in [3.05, 3.63) is 76.7 Å². The van der Waals surface area contributed by atoms with E-state index in [0.29, 0.717) is 48.6 Å². The number of carbonyl (C=O) groups is 2. The number of ketones is 1. The van der Waals surface area contributed by atoms with Crippen LogP contribution >= 0.6 is 0 Å². The minimum Gasteiger partial charge on any atom is -0.489 e. The zero-order valence-electron chi connectivity index (χ0n) is 18.6. The summed E-state index contributed by atoms with van der Waals surface area (Å²) in [7, 11) is 0. The van der Waals surface area contributed by atoms with Crippen molar-refractivity contribution in [1.82, 2.24) is 4.98 Å². The number of pyridine rings is 1. The van der Waals surface area contributed by atoms with E-state index in [9.17, 15) is 14.0 Å². The van der Waals surface area contributed by atoms with Gasteiger partial charge >= 0.3 is 0 Å². The molecule has 3 aromatic rings. The molecule has 3 aliphatic rings. The summed E-state index contributed by atoms with van der Waals surface area (Å²) in [5.74, 6) is 2.93. The van der Waals surface area contributed by atoms with Crippen LogP contribution in [-0.4, -0.2) is 22.8 Å². The van der Waals surface area contributed by atoms with Gasteiger partial charge in [-0.3, -0.25) is 9.59 Å². The smallest absolute Gasteiger partial charge is 0.225 e. The molecule has 1 aliphatic carbocycles. The lowest BCUT2D eigenvalue weighted by molar-refractivity contribution is -0.119. The van der Waals surface area contributed by atoms with Gasteiger partial charge in [0.25, 0.3) is 0 Å². The standard InChI is InChI=1S/C27H23FN2O4/c1-14-10-15(2-5-21(14)28)11-16(31)12-20-25-19-13-17(3-6-22(19)34-26(20)25)33-23-8-9-29-27-18(23)4-7-24(32)30-27/h2-3,5-6,8-10,13,20,25-26H,4,7,11-12H2,1H3,(H,29,30,32)/t20-,25-,26+/m0/s1. The Morgan fingerprint density at radius 1 is 1.21 bits per heavy atom. The summed E-state index contributed by atoms with van der Waals surface area (Å²) >= 11 is 0. The Balaban J connectivity index is 1.14. The van der Waals surface area contributed by atoms with Gasteiger partial charge in [-0.1, -0.05) is 12.1 Å². The Morgan fingerprint density at radius 3 is 2.94 bits per heavy atom. The molecular weight excluding hydrogens is 435 g/mol. The maximum absolute atomic E-state index is 13.5. The average Bonchev–Trinajstić information content (AvgIpc) is 3.32. The molecule has 0 bridgehead atoms. The maximum atomic E-state index is 13.5. The highest BCUT2D eigenvalue weighted by Gasteiger charge is 2.59. The number of ether oxygens (including phenoxy) is 2. The highest BCUT2D eigenvalue weighted by atomic mass is 19.1. The summed E-state index contributed by atoms with van der Waals surface area (Å²) in [6, 6.07) is 12.4. The van der Waals surface area contributed by atoms with Gasteiger partial charge in [-0.25, -0.2) is 9.37 Å². The number of hydrogen-bond acceptors (Lipinski definition) is 5. The van der Waals surface area contributed by atoms with Crippen LogP contribution in [-0.2, 0) is 22.4 Å². The number of aromatic nitrogens is 1. The van der Waals surface area contributed by atoms with Gasteiger partial charge in [0.1, 0.15) is 40.8 Å². The van der Waals surface area contributed by atoms with Gasteiger partial charge in [0.15, 0.2) is 0 Å². The van der Waals surface area contributed by atoms with Gasteiger partial charge in [-0.15, -0.1) is 0 Å². The molecule has 1 amide bonds. The number of hydrogen-bond donors (Lipinski definition) is 1. The van der Waals surface area contributed by atoms with Gasteiger partial charge in [0.05, 0.1) is 0 Å². The Bertz CT molecular complexity index is 1340. The fraction of sp³-hybridized carbons (Fsp3) is 0.296. The molecule has 0 unspecified atom stereocenters. The number of nitrogens with one attached hydrogen (secondary N) is 1. The van der Waals surface area contributed by atoms with Crippen molar-refractivity contribution in [2.45, 2.75) is 44.6 Å². The quantitative estimate of drug-likeness (QED) is 0.570. The highest BCUT2D eigenvalue weighted by molar-refractivity contribution is 5.93. The van der Waals surface area contributed by atoms with Gasteiger partial charge in [0.2, 0.25) is 5.91 Å². The molecule has 3 heterocycles. The minimum atomic E-state index is -0.256. The Hall–Kier alpha value is -3.74. The number of benzene rings is 2. The average molecular weight is 458 g/mol. The van der Waals surface area contributed by atoms with Crippen molar-refractivity contribution < 1.29 is 23.5 Å². The zero-order chi connectivity index (χ0) is 23.4. The van der Waals surface area contributed by atoms with Gasteiger partial charge in [0, 0.05) is 48.4 Å². The summed E-state index contributed by atoms with van der Waals surface area (Å²) < 4.78 is 25.7. The maximum Gasteiger partial charge on any atom is 0.225 e. The molecule has 3 atom stereocenters. The third kappa shape index (κ3) is 3.71. The second kappa shape index (κ2) is 7.94. The second-order valence-electron chi connectivity index (χ2n) is 9.26. The Kier molecular flexibility index (Phi) is 4.86. The molecule has 2 aromatic carbocycles. The van der Waals surface area contributed by atoms with E-state index in [4.69, 9.17) is 9.47 Å². The molecular formula is C27H23FN2O4. The lowest BCUT2D eigenvalue weighted by Gasteiger charge is -2.19. The molecule has 6 rings (SSSR count). The number of carbonyl (C=O) groups excluding carboxylic acids is 2. The van der Waals surface area contributed by atoms with Crippen molar-refractivity contribution in [2.24, 2.45) is 5.92 Å². The first kappa shape index (κ1) is 20.8. The summed E-state index contributed by atoms with van der Waals surface area (Å²) in [6.07, 6.45) is 3.38. The number of Topliss-reactive ketones (excluding diaryl/α,β-unsaturated/α-hetero) is 1. The van der Waals surface area contributed by atoms with E-state index >= 15 is 0 Å². The first-order valence-electron chi connectivity index (χ1n) is 11.5. The van der Waals surface area contributed by atoms with E-state index in [1.165, 1.54) is 6.07 Å². The van der Waals surface area contributed by atoms with Crippen LogP contribution < -0.4 is 14.8 Å². The summed E-state index contributed by atoms with van der Waals surface area (Å²) in [5, 5.41) is 2.79. The van der Waals surface area contributed by atoms with E-state index in [1.54, 1.807) is 31.3 Å². The topological polar surface area (TPSA) is 77.5 Å². The van der Waals surface area contributed by atoms with Crippen LogP contribution in [0.2, 0.25) is 0 Å². The molecule has 34 heavy (non-hydrogen) atoms. The molecule has 1 N–H and O–H groups in total. The van der Waals surface area contributed by atoms with E-state index < -0.39 is 0 Å². The lowest BCUT2D eigenvalue weighted by Crippen LogP contribution is -2.20. The molecule has 0 radical (unpaired) electrons. The van der Waals surface area contributed by atoms with Crippen LogP contribution in [0.1, 0.15) is 41.0 Å². The summed E-state index contributed by atoms with van der Waals surface area (Å²) in [5.41, 5.74) is 3.34. The molecule has 1 aromatic heterocycles. The zero-order valence-corrected chi connectivity index (χ0v) is 18.6. The number of fused-ring (bicyclic) bond motifs is 4. The molecule has 1 fully saturated rings. The Labute approximate surface area is 196 Å². The fourth-order valence-corrected chi connectivity index (χ4v) is 5.12. The third-order valence-electron chi connectivity index (χ3n) is 6.89. The second-order valence-corrected chi connectivity index (χ2v) is 9.26. The number of amides is 1. The number of nitrogens with zero attached hydrogens (tertiary/aromatic N) is 1.